The third-order valence-electron chi connectivity index (χ3n) is 4.81. The Hall–Kier alpha value is -2.08. The smallest absolute Gasteiger partial charge is 0.191 e. The van der Waals surface area contributed by atoms with E-state index in [-0.39, 0.29) is 5.41 Å². The lowest BCUT2D eigenvalue weighted by atomic mass is 9.91. The van der Waals surface area contributed by atoms with Crippen molar-refractivity contribution in [2.45, 2.75) is 38.6 Å². The highest BCUT2D eigenvalue weighted by atomic mass is 32.1. The van der Waals surface area contributed by atoms with Crippen LogP contribution in [0.1, 0.15) is 37.1 Å². The first-order chi connectivity index (χ1) is 12.6. The molecule has 6 heteroatoms. The van der Waals surface area contributed by atoms with Gasteiger partial charge in [0.25, 0.3) is 0 Å². The Bertz CT molecular complexity index is 718. The molecule has 1 aliphatic heterocycles. The molecule has 0 bridgehead atoms. The summed E-state index contributed by atoms with van der Waals surface area (Å²) in [6, 6.07) is 8.55. The van der Waals surface area contributed by atoms with Crippen LogP contribution in [-0.4, -0.2) is 37.6 Å². The van der Waals surface area contributed by atoms with Crippen LogP contribution in [-0.2, 0) is 12.0 Å². The van der Waals surface area contributed by atoms with Crippen molar-refractivity contribution in [3.63, 3.8) is 0 Å². The number of guanidine groups is 1. The van der Waals surface area contributed by atoms with Gasteiger partial charge in [-0.3, -0.25) is 4.99 Å². The van der Waals surface area contributed by atoms with Crippen LogP contribution in [0, 0.1) is 0 Å². The number of aliphatic imine (C=N–C) groups is 1. The zero-order valence-electron chi connectivity index (χ0n) is 16.0. The molecule has 2 aromatic heterocycles. The number of nitrogens with one attached hydrogen (secondary N) is 2. The lowest BCUT2D eigenvalue weighted by Gasteiger charge is -2.25. The van der Waals surface area contributed by atoms with E-state index >= 15 is 0 Å². The predicted molar refractivity (Wildman–Crippen MR) is 111 cm³/mol. The number of anilines is 1. The van der Waals surface area contributed by atoms with Crippen molar-refractivity contribution in [3.05, 3.63) is 46.3 Å². The maximum atomic E-state index is 4.52. The number of hydrogen-bond donors (Lipinski definition) is 2. The summed E-state index contributed by atoms with van der Waals surface area (Å²) in [5.41, 5.74) is 1.30. The number of aromatic nitrogens is 1. The van der Waals surface area contributed by atoms with Gasteiger partial charge in [0.1, 0.15) is 5.82 Å². The Morgan fingerprint density at radius 3 is 2.77 bits per heavy atom. The molecular weight excluding hydrogens is 342 g/mol. The van der Waals surface area contributed by atoms with Crippen LogP contribution < -0.4 is 15.5 Å². The minimum Gasteiger partial charge on any atom is -0.357 e. The van der Waals surface area contributed by atoms with Gasteiger partial charge in [-0.25, -0.2) is 4.98 Å². The Morgan fingerprint density at radius 1 is 1.27 bits per heavy atom. The second-order valence-corrected chi connectivity index (χ2v) is 8.30. The van der Waals surface area contributed by atoms with Gasteiger partial charge in [0.05, 0.1) is 0 Å². The summed E-state index contributed by atoms with van der Waals surface area (Å²) in [5.74, 6) is 1.91. The summed E-state index contributed by atoms with van der Waals surface area (Å²) in [4.78, 5) is 12.6. The van der Waals surface area contributed by atoms with Crippen molar-refractivity contribution in [2.75, 3.05) is 31.6 Å². The normalized spacial score (nSPS) is 15.3. The highest BCUT2D eigenvalue weighted by Crippen LogP contribution is 2.26. The molecule has 0 atom stereocenters. The highest BCUT2D eigenvalue weighted by molar-refractivity contribution is 7.10. The summed E-state index contributed by atoms with van der Waals surface area (Å²) < 4.78 is 0. The van der Waals surface area contributed by atoms with Crippen molar-refractivity contribution in [1.29, 1.82) is 0 Å². The molecule has 5 nitrogen and oxygen atoms in total. The van der Waals surface area contributed by atoms with Crippen LogP contribution in [0.4, 0.5) is 5.82 Å². The summed E-state index contributed by atoms with van der Waals surface area (Å²) in [6.45, 7) is 8.31. The van der Waals surface area contributed by atoms with Gasteiger partial charge in [0.2, 0.25) is 0 Å². The van der Waals surface area contributed by atoms with E-state index in [0.717, 1.165) is 38.0 Å². The van der Waals surface area contributed by atoms with Gasteiger partial charge in [-0.2, -0.15) is 0 Å². The first-order valence-electron chi connectivity index (χ1n) is 9.27. The van der Waals surface area contributed by atoms with Crippen LogP contribution in [0.25, 0.3) is 0 Å². The third-order valence-corrected chi connectivity index (χ3v) is 6.05. The van der Waals surface area contributed by atoms with E-state index in [1.807, 2.05) is 13.2 Å². The zero-order chi connectivity index (χ0) is 18.4. The van der Waals surface area contributed by atoms with Crippen LogP contribution in [0.2, 0.25) is 0 Å². The molecule has 0 saturated carbocycles. The molecular formula is C20H29N5S. The molecule has 3 heterocycles. The maximum absolute atomic E-state index is 4.52. The SMILES string of the molecule is CN=C(NCc1ccnc(N2CCCC2)c1)NCC(C)(C)c1cccs1. The topological polar surface area (TPSA) is 52.6 Å². The molecule has 0 radical (unpaired) electrons. The molecule has 2 aromatic rings. The predicted octanol–water partition coefficient (Wildman–Crippen LogP) is 3.39. The largest absolute Gasteiger partial charge is 0.357 e. The Labute approximate surface area is 160 Å². The average Bonchev–Trinajstić information content (AvgIpc) is 3.36. The monoisotopic (exact) mass is 371 g/mol. The lowest BCUT2D eigenvalue weighted by Crippen LogP contribution is -2.42. The van der Waals surface area contributed by atoms with Crippen molar-refractivity contribution in [2.24, 2.45) is 4.99 Å². The van der Waals surface area contributed by atoms with Gasteiger partial charge >= 0.3 is 0 Å². The average molecular weight is 372 g/mol. The molecule has 0 aliphatic carbocycles. The first kappa shape index (κ1) is 18.7. The third kappa shape index (κ3) is 4.75. The van der Waals surface area contributed by atoms with E-state index in [9.17, 15) is 0 Å². The molecule has 3 rings (SSSR count). The van der Waals surface area contributed by atoms with Crippen LogP contribution in [0.15, 0.2) is 40.8 Å². The van der Waals surface area contributed by atoms with Gasteiger partial charge in [-0.05, 0) is 42.0 Å². The minimum absolute atomic E-state index is 0.0748. The summed E-state index contributed by atoms with van der Waals surface area (Å²) in [7, 11) is 1.82. The van der Waals surface area contributed by atoms with E-state index in [0.29, 0.717) is 0 Å². The Kier molecular flexibility index (Phi) is 6.14. The zero-order valence-corrected chi connectivity index (χ0v) is 16.8. The van der Waals surface area contributed by atoms with Gasteiger partial charge < -0.3 is 15.5 Å². The number of rotatable bonds is 6. The molecule has 1 aliphatic rings. The highest BCUT2D eigenvalue weighted by Gasteiger charge is 2.22. The van der Waals surface area contributed by atoms with E-state index in [1.54, 1.807) is 11.3 Å². The quantitative estimate of drug-likeness (QED) is 0.604. The minimum atomic E-state index is 0.0748. The second-order valence-electron chi connectivity index (χ2n) is 7.36. The molecule has 1 saturated heterocycles. The van der Waals surface area contributed by atoms with Gasteiger partial charge in [0, 0.05) is 49.7 Å². The molecule has 0 amide bonds. The first-order valence-corrected chi connectivity index (χ1v) is 10.1. The van der Waals surface area contributed by atoms with Crippen LogP contribution in [0.3, 0.4) is 0 Å². The van der Waals surface area contributed by atoms with Crippen molar-refractivity contribution >= 4 is 23.1 Å². The summed E-state index contributed by atoms with van der Waals surface area (Å²) in [6.07, 6.45) is 4.43. The van der Waals surface area contributed by atoms with Gasteiger partial charge in [0.15, 0.2) is 5.96 Å². The molecule has 0 spiro atoms. The Balaban J connectivity index is 1.53. The lowest BCUT2D eigenvalue weighted by molar-refractivity contribution is 0.518. The number of nitrogens with zero attached hydrogens (tertiary/aromatic N) is 3. The van der Waals surface area contributed by atoms with E-state index in [2.05, 4.69) is 69.0 Å². The molecule has 0 aromatic carbocycles. The van der Waals surface area contributed by atoms with E-state index in [4.69, 9.17) is 0 Å². The van der Waals surface area contributed by atoms with Gasteiger partial charge in [-0.15, -0.1) is 11.3 Å². The molecule has 26 heavy (non-hydrogen) atoms. The summed E-state index contributed by atoms with van der Waals surface area (Å²) in [5, 5.41) is 9.01. The fourth-order valence-corrected chi connectivity index (χ4v) is 4.00. The Morgan fingerprint density at radius 2 is 2.08 bits per heavy atom. The number of pyridine rings is 1. The fourth-order valence-electron chi connectivity index (χ4n) is 3.15. The molecule has 0 unspecified atom stereocenters. The molecule has 2 N–H and O–H groups in total. The maximum Gasteiger partial charge on any atom is 0.191 e. The van der Waals surface area contributed by atoms with E-state index < -0.39 is 0 Å². The number of thiophene rings is 1. The van der Waals surface area contributed by atoms with Crippen molar-refractivity contribution in [3.8, 4) is 0 Å². The standard InChI is InChI=1S/C20H29N5S/c1-20(2,17-7-6-12-26-17)15-24-19(21-3)23-14-16-8-9-22-18(13-16)25-10-4-5-11-25/h6-9,12-13H,4-5,10-11,14-15H2,1-3H3,(H2,21,23,24). The second kappa shape index (κ2) is 8.54. The van der Waals surface area contributed by atoms with E-state index in [1.165, 1.54) is 23.3 Å². The number of hydrogen-bond acceptors (Lipinski definition) is 4. The molecule has 1 fully saturated rings. The van der Waals surface area contributed by atoms with Gasteiger partial charge in [-0.1, -0.05) is 19.9 Å². The van der Waals surface area contributed by atoms with Crippen molar-refractivity contribution < 1.29 is 0 Å². The van der Waals surface area contributed by atoms with Crippen molar-refractivity contribution in [1.82, 2.24) is 15.6 Å². The molecule has 140 valence electrons. The van der Waals surface area contributed by atoms with Crippen LogP contribution in [0.5, 0.6) is 0 Å². The summed E-state index contributed by atoms with van der Waals surface area (Å²) >= 11 is 1.80. The fraction of sp³-hybridized carbons (Fsp3) is 0.500. The van der Waals surface area contributed by atoms with Crippen LogP contribution >= 0.6 is 11.3 Å².